The molecule has 2 nitrogen and oxygen atoms in total. The summed E-state index contributed by atoms with van der Waals surface area (Å²) in [6.07, 6.45) is 6.78. The van der Waals surface area contributed by atoms with E-state index in [4.69, 9.17) is 0 Å². The molecule has 0 aliphatic rings. The highest BCUT2D eigenvalue weighted by atomic mass is 16.1. The van der Waals surface area contributed by atoms with Crippen LogP contribution in [0.1, 0.15) is 65.3 Å². The van der Waals surface area contributed by atoms with Gasteiger partial charge in [-0.05, 0) is 108 Å². The van der Waals surface area contributed by atoms with Crippen molar-refractivity contribution in [2.75, 3.05) is 0 Å². The summed E-state index contributed by atoms with van der Waals surface area (Å²) in [5, 5.41) is 3.36. The molecule has 0 saturated heterocycles. The van der Waals surface area contributed by atoms with Crippen LogP contribution >= 0.6 is 0 Å². The number of nitrogens with one attached hydrogen (secondary N) is 1. The second kappa shape index (κ2) is 11.0. The summed E-state index contributed by atoms with van der Waals surface area (Å²) in [6.45, 7) is 19.2. The van der Waals surface area contributed by atoms with Crippen molar-refractivity contribution in [1.29, 1.82) is 0 Å². The summed E-state index contributed by atoms with van der Waals surface area (Å²) in [4.78, 5) is 10.4. The van der Waals surface area contributed by atoms with Crippen molar-refractivity contribution < 1.29 is 4.79 Å². The van der Waals surface area contributed by atoms with Crippen molar-refractivity contribution in [3.63, 3.8) is 0 Å². The van der Waals surface area contributed by atoms with E-state index >= 15 is 0 Å². The SMILES string of the molecule is Cc1cc(C)c(C/C=C/NC(C)(C)C)c(C)c1.Cc1cc(C)c(CC=O)c(C)c1. The lowest BCUT2D eigenvalue weighted by atomic mass is 9.97. The van der Waals surface area contributed by atoms with Gasteiger partial charge in [0.25, 0.3) is 0 Å². The van der Waals surface area contributed by atoms with Gasteiger partial charge in [-0.25, -0.2) is 0 Å². The maximum atomic E-state index is 10.4. The van der Waals surface area contributed by atoms with Gasteiger partial charge in [0.15, 0.2) is 0 Å². The van der Waals surface area contributed by atoms with Crippen LogP contribution < -0.4 is 5.32 Å². The predicted molar refractivity (Wildman–Crippen MR) is 127 cm³/mol. The Morgan fingerprint density at radius 2 is 1.10 bits per heavy atom. The van der Waals surface area contributed by atoms with E-state index in [1.807, 2.05) is 0 Å². The summed E-state index contributed by atoms with van der Waals surface area (Å²) in [7, 11) is 0. The highest BCUT2D eigenvalue weighted by Crippen LogP contribution is 2.17. The highest BCUT2D eigenvalue weighted by Gasteiger charge is 2.05. The maximum Gasteiger partial charge on any atom is 0.124 e. The van der Waals surface area contributed by atoms with Gasteiger partial charge in [0.05, 0.1) is 0 Å². The number of carbonyl (C=O) groups excluding carboxylic acids is 1. The van der Waals surface area contributed by atoms with Crippen molar-refractivity contribution >= 4 is 6.29 Å². The van der Waals surface area contributed by atoms with Crippen LogP contribution in [0.2, 0.25) is 0 Å². The van der Waals surface area contributed by atoms with E-state index < -0.39 is 0 Å². The summed E-state index contributed by atoms with van der Waals surface area (Å²) >= 11 is 0. The van der Waals surface area contributed by atoms with Gasteiger partial charge >= 0.3 is 0 Å². The average Bonchev–Trinajstić information content (AvgIpc) is 2.56. The fraction of sp³-hybridized carbons (Fsp3) is 0.444. The number of aryl methyl sites for hydroxylation is 6. The van der Waals surface area contributed by atoms with Gasteiger partial charge in [-0.2, -0.15) is 0 Å². The van der Waals surface area contributed by atoms with Gasteiger partial charge in [0.1, 0.15) is 6.29 Å². The molecule has 29 heavy (non-hydrogen) atoms. The first kappa shape index (κ1) is 24.7. The molecule has 0 aromatic heterocycles. The number of aldehydes is 1. The standard InChI is InChI=1S/C16H25N.C11H14O/c1-12-10-13(2)15(14(3)11-12)8-7-9-17-16(4,5)6;1-8-6-9(2)11(4-5-12)10(3)7-8/h7,9-11,17H,8H2,1-6H3;5-7H,4H2,1-3H3/b9-7+;. The zero-order valence-corrected chi connectivity index (χ0v) is 19.9. The molecule has 0 saturated carbocycles. The first-order valence-electron chi connectivity index (χ1n) is 10.4. The summed E-state index contributed by atoms with van der Waals surface area (Å²) in [6, 6.07) is 8.75. The molecule has 0 heterocycles. The molecule has 0 fully saturated rings. The molecular weight excluding hydrogens is 354 g/mol. The quantitative estimate of drug-likeness (QED) is 0.595. The Morgan fingerprint density at radius 1 is 0.724 bits per heavy atom. The van der Waals surface area contributed by atoms with Crippen LogP contribution in [0.15, 0.2) is 36.5 Å². The van der Waals surface area contributed by atoms with Crippen LogP contribution in [-0.2, 0) is 17.6 Å². The number of hydrogen-bond donors (Lipinski definition) is 1. The van der Waals surface area contributed by atoms with E-state index in [0.29, 0.717) is 6.42 Å². The Bertz CT molecular complexity index is 807. The van der Waals surface area contributed by atoms with Crippen molar-refractivity contribution in [1.82, 2.24) is 5.32 Å². The lowest BCUT2D eigenvalue weighted by Gasteiger charge is -2.18. The molecule has 0 bridgehead atoms. The number of rotatable bonds is 5. The van der Waals surface area contributed by atoms with E-state index in [-0.39, 0.29) is 5.54 Å². The summed E-state index contributed by atoms with van der Waals surface area (Å²) in [5.74, 6) is 0. The Balaban J connectivity index is 0.000000308. The van der Waals surface area contributed by atoms with Gasteiger partial charge < -0.3 is 10.1 Å². The zero-order chi connectivity index (χ0) is 22.2. The van der Waals surface area contributed by atoms with Crippen LogP contribution in [0.3, 0.4) is 0 Å². The molecule has 2 aromatic carbocycles. The van der Waals surface area contributed by atoms with Crippen molar-refractivity contribution in [2.24, 2.45) is 0 Å². The van der Waals surface area contributed by atoms with Crippen LogP contribution in [0.25, 0.3) is 0 Å². The molecule has 0 spiro atoms. The van der Waals surface area contributed by atoms with Crippen LogP contribution in [0, 0.1) is 41.5 Å². The third-order valence-electron chi connectivity index (χ3n) is 4.92. The van der Waals surface area contributed by atoms with E-state index in [2.05, 4.69) is 104 Å². The topological polar surface area (TPSA) is 29.1 Å². The van der Waals surface area contributed by atoms with Crippen molar-refractivity contribution in [3.05, 3.63) is 81.0 Å². The minimum atomic E-state index is 0.147. The van der Waals surface area contributed by atoms with E-state index in [0.717, 1.165) is 12.7 Å². The predicted octanol–water partition coefficient (Wildman–Crippen LogP) is 6.41. The molecular formula is C27H39NO. The first-order valence-corrected chi connectivity index (χ1v) is 10.4. The Morgan fingerprint density at radius 3 is 1.45 bits per heavy atom. The minimum absolute atomic E-state index is 0.147. The average molecular weight is 394 g/mol. The normalized spacial score (nSPS) is 11.2. The summed E-state index contributed by atoms with van der Waals surface area (Å²) < 4.78 is 0. The molecule has 0 atom stereocenters. The van der Waals surface area contributed by atoms with Gasteiger partial charge in [0, 0.05) is 12.0 Å². The van der Waals surface area contributed by atoms with Crippen molar-refractivity contribution in [3.8, 4) is 0 Å². The van der Waals surface area contributed by atoms with Gasteiger partial charge in [-0.15, -0.1) is 0 Å². The summed E-state index contributed by atoms with van der Waals surface area (Å²) in [5.41, 5.74) is 10.6. The van der Waals surface area contributed by atoms with Gasteiger partial charge in [-0.3, -0.25) is 0 Å². The smallest absolute Gasteiger partial charge is 0.124 e. The lowest BCUT2D eigenvalue weighted by Crippen LogP contribution is -2.30. The van der Waals surface area contributed by atoms with E-state index in [1.54, 1.807) is 0 Å². The zero-order valence-electron chi connectivity index (χ0n) is 19.9. The monoisotopic (exact) mass is 393 g/mol. The molecule has 0 radical (unpaired) electrons. The van der Waals surface area contributed by atoms with Crippen LogP contribution in [-0.4, -0.2) is 11.8 Å². The number of carbonyl (C=O) groups is 1. The van der Waals surface area contributed by atoms with Crippen LogP contribution in [0.5, 0.6) is 0 Å². The molecule has 2 aromatic rings. The molecule has 0 aliphatic heterocycles. The lowest BCUT2D eigenvalue weighted by molar-refractivity contribution is -0.107. The molecule has 0 amide bonds. The Labute approximate surface area is 178 Å². The molecule has 158 valence electrons. The number of benzene rings is 2. The van der Waals surface area contributed by atoms with Gasteiger partial charge in [-0.1, -0.05) is 41.5 Å². The van der Waals surface area contributed by atoms with Crippen LogP contribution in [0.4, 0.5) is 0 Å². The van der Waals surface area contributed by atoms with Crippen molar-refractivity contribution in [2.45, 2.75) is 80.7 Å². The second-order valence-electron chi connectivity index (χ2n) is 9.13. The number of hydrogen-bond acceptors (Lipinski definition) is 2. The molecule has 0 unspecified atom stereocenters. The van der Waals surface area contributed by atoms with E-state index in [9.17, 15) is 4.79 Å². The van der Waals surface area contributed by atoms with E-state index in [1.165, 1.54) is 44.5 Å². The fourth-order valence-electron chi connectivity index (χ4n) is 3.63. The third kappa shape index (κ3) is 8.68. The molecule has 1 N–H and O–H groups in total. The largest absolute Gasteiger partial charge is 0.387 e. The highest BCUT2D eigenvalue weighted by molar-refractivity contribution is 5.58. The molecule has 2 heteroatoms. The Kier molecular flexibility index (Phi) is 9.36. The molecule has 2 rings (SSSR count). The Hall–Kier alpha value is -2.35. The fourth-order valence-corrected chi connectivity index (χ4v) is 3.63. The number of allylic oxidation sites excluding steroid dienone is 1. The maximum absolute atomic E-state index is 10.4. The molecule has 0 aliphatic carbocycles. The third-order valence-corrected chi connectivity index (χ3v) is 4.92. The first-order chi connectivity index (χ1) is 13.4. The second-order valence-corrected chi connectivity index (χ2v) is 9.13. The van der Waals surface area contributed by atoms with Gasteiger partial charge in [0.2, 0.25) is 0 Å². The minimum Gasteiger partial charge on any atom is -0.387 e.